The van der Waals surface area contributed by atoms with Crippen molar-refractivity contribution in [3.05, 3.63) is 24.3 Å². The van der Waals surface area contributed by atoms with Gasteiger partial charge in [0.1, 0.15) is 0 Å². The van der Waals surface area contributed by atoms with Crippen LogP contribution in [0.15, 0.2) is 29.2 Å². The largest absolute Gasteiger partial charge is 0.385 e. The molecule has 2 N–H and O–H groups in total. The van der Waals surface area contributed by atoms with Gasteiger partial charge in [0.15, 0.2) is 0 Å². The summed E-state index contributed by atoms with van der Waals surface area (Å²) in [5, 5.41) is 3.23. The van der Waals surface area contributed by atoms with Crippen molar-refractivity contribution in [3.63, 3.8) is 0 Å². The lowest BCUT2D eigenvalue weighted by atomic mass is 10.1. The van der Waals surface area contributed by atoms with Gasteiger partial charge in [-0.1, -0.05) is 6.92 Å². The van der Waals surface area contributed by atoms with E-state index in [1.807, 2.05) is 12.1 Å². The lowest BCUT2D eigenvalue weighted by Gasteiger charge is -2.12. The SMILES string of the molecule is CCCNc1ccc(S(=O)(=O)NCC2CCN(C)C2)cc1. The van der Waals surface area contributed by atoms with Crippen LogP contribution in [0.3, 0.4) is 0 Å². The molecule has 0 aliphatic carbocycles. The fourth-order valence-electron chi connectivity index (χ4n) is 2.53. The minimum atomic E-state index is -3.40. The van der Waals surface area contributed by atoms with Gasteiger partial charge in [-0.15, -0.1) is 0 Å². The summed E-state index contributed by atoms with van der Waals surface area (Å²) in [7, 11) is -1.33. The number of nitrogens with one attached hydrogen (secondary N) is 2. The minimum Gasteiger partial charge on any atom is -0.385 e. The second kappa shape index (κ2) is 7.24. The molecule has 1 fully saturated rings. The molecule has 1 saturated heterocycles. The van der Waals surface area contributed by atoms with Gasteiger partial charge in [0.2, 0.25) is 10.0 Å². The second-order valence-electron chi connectivity index (χ2n) is 5.72. The van der Waals surface area contributed by atoms with E-state index in [1.165, 1.54) is 0 Å². The van der Waals surface area contributed by atoms with E-state index < -0.39 is 10.0 Å². The molecule has 6 heteroatoms. The Morgan fingerprint density at radius 3 is 2.57 bits per heavy atom. The van der Waals surface area contributed by atoms with Gasteiger partial charge in [0, 0.05) is 25.3 Å². The van der Waals surface area contributed by atoms with Crippen LogP contribution in [0, 0.1) is 5.92 Å². The minimum absolute atomic E-state index is 0.330. The van der Waals surface area contributed by atoms with Crippen LogP contribution in [-0.4, -0.2) is 46.5 Å². The quantitative estimate of drug-likeness (QED) is 0.805. The maximum Gasteiger partial charge on any atom is 0.240 e. The lowest BCUT2D eigenvalue weighted by molar-refractivity contribution is 0.394. The van der Waals surface area contributed by atoms with Gasteiger partial charge in [-0.3, -0.25) is 0 Å². The zero-order valence-corrected chi connectivity index (χ0v) is 13.6. The lowest BCUT2D eigenvalue weighted by Crippen LogP contribution is -2.30. The second-order valence-corrected chi connectivity index (χ2v) is 7.49. The van der Waals surface area contributed by atoms with Crippen molar-refractivity contribution in [2.75, 3.05) is 38.5 Å². The van der Waals surface area contributed by atoms with E-state index in [0.29, 0.717) is 17.4 Å². The zero-order valence-electron chi connectivity index (χ0n) is 12.8. The van der Waals surface area contributed by atoms with Crippen LogP contribution >= 0.6 is 0 Å². The molecule has 21 heavy (non-hydrogen) atoms. The maximum atomic E-state index is 12.3. The Hall–Kier alpha value is -1.11. The standard InChI is InChI=1S/C15H25N3O2S/c1-3-9-16-14-4-6-15(7-5-14)21(19,20)17-11-13-8-10-18(2)12-13/h4-7,13,16-17H,3,8-12H2,1-2H3. The highest BCUT2D eigenvalue weighted by Crippen LogP contribution is 2.16. The molecule has 0 bridgehead atoms. The molecule has 1 aliphatic rings. The van der Waals surface area contributed by atoms with Crippen LogP contribution < -0.4 is 10.0 Å². The summed E-state index contributed by atoms with van der Waals surface area (Å²) in [6.07, 6.45) is 2.09. The predicted molar refractivity (Wildman–Crippen MR) is 86.0 cm³/mol. The van der Waals surface area contributed by atoms with Crippen LogP contribution in [0.2, 0.25) is 0 Å². The van der Waals surface area contributed by atoms with E-state index in [9.17, 15) is 8.42 Å². The molecule has 1 aromatic carbocycles. The molecule has 0 spiro atoms. The molecule has 0 saturated carbocycles. The highest BCUT2D eigenvalue weighted by molar-refractivity contribution is 7.89. The van der Waals surface area contributed by atoms with E-state index >= 15 is 0 Å². The van der Waals surface area contributed by atoms with Crippen LogP contribution in [-0.2, 0) is 10.0 Å². The third-order valence-corrected chi connectivity index (χ3v) is 5.23. The molecular formula is C15H25N3O2S. The third-order valence-electron chi connectivity index (χ3n) is 3.79. The Kier molecular flexibility index (Phi) is 5.61. The molecule has 5 nitrogen and oxygen atoms in total. The Labute approximate surface area is 127 Å². The fraction of sp³-hybridized carbons (Fsp3) is 0.600. The average Bonchev–Trinajstić information content (AvgIpc) is 2.89. The van der Waals surface area contributed by atoms with Gasteiger partial charge in [0.05, 0.1) is 4.90 Å². The number of sulfonamides is 1. The molecule has 0 amide bonds. The van der Waals surface area contributed by atoms with Crippen molar-refractivity contribution in [2.45, 2.75) is 24.7 Å². The molecule has 1 unspecified atom stereocenters. The van der Waals surface area contributed by atoms with E-state index in [-0.39, 0.29) is 0 Å². The molecule has 0 aromatic heterocycles. The Balaban J connectivity index is 1.92. The van der Waals surface area contributed by atoms with Crippen LogP contribution in [0.5, 0.6) is 0 Å². The first-order chi connectivity index (χ1) is 10.0. The summed E-state index contributed by atoms with van der Waals surface area (Å²) in [6.45, 7) is 5.50. The number of likely N-dealkylation sites (tertiary alicyclic amines) is 1. The van der Waals surface area contributed by atoms with Crippen LogP contribution in [0.25, 0.3) is 0 Å². The maximum absolute atomic E-state index is 12.3. The molecule has 1 aliphatic heterocycles. The van der Waals surface area contributed by atoms with Gasteiger partial charge >= 0.3 is 0 Å². The normalized spacial score (nSPS) is 19.8. The van der Waals surface area contributed by atoms with Gasteiger partial charge in [0.25, 0.3) is 0 Å². The van der Waals surface area contributed by atoms with Gasteiger partial charge in [-0.05, 0) is 56.6 Å². The summed E-state index contributed by atoms with van der Waals surface area (Å²) in [6, 6.07) is 6.93. The van der Waals surface area contributed by atoms with Gasteiger partial charge in [-0.25, -0.2) is 13.1 Å². The Bertz CT molecular complexity index is 543. The van der Waals surface area contributed by atoms with E-state index in [0.717, 1.165) is 38.2 Å². The van der Waals surface area contributed by atoms with Crippen LogP contribution in [0.4, 0.5) is 5.69 Å². The summed E-state index contributed by atoms with van der Waals surface area (Å²) < 4.78 is 27.2. The summed E-state index contributed by atoms with van der Waals surface area (Å²) in [5.41, 5.74) is 0.952. The van der Waals surface area contributed by atoms with Gasteiger partial charge in [-0.2, -0.15) is 0 Å². The molecule has 2 rings (SSSR count). The van der Waals surface area contributed by atoms with Crippen molar-refractivity contribution in [1.82, 2.24) is 9.62 Å². The first-order valence-corrected chi connectivity index (χ1v) is 9.01. The van der Waals surface area contributed by atoms with Crippen LogP contribution in [0.1, 0.15) is 19.8 Å². The summed E-state index contributed by atoms with van der Waals surface area (Å²) in [5.74, 6) is 0.412. The first-order valence-electron chi connectivity index (χ1n) is 7.53. The van der Waals surface area contributed by atoms with Crippen molar-refractivity contribution >= 4 is 15.7 Å². The highest BCUT2D eigenvalue weighted by atomic mass is 32.2. The topological polar surface area (TPSA) is 61.4 Å². The van der Waals surface area contributed by atoms with Crippen molar-refractivity contribution < 1.29 is 8.42 Å². The molecule has 1 heterocycles. The van der Waals surface area contributed by atoms with E-state index in [4.69, 9.17) is 0 Å². The number of nitrogens with zero attached hydrogens (tertiary/aromatic N) is 1. The molecule has 118 valence electrons. The summed E-state index contributed by atoms with van der Waals surface area (Å²) >= 11 is 0. The molecular weight excluding hydrogens is 286 g/mol. The third kappa shape index (κ3) is 4.69. The summed E-state index contributed by atoms with van der Waals surface area (Å²) in [4.78, 5) is 2.56. The fourth-order valence-corrected chi connectivity index (χ4v) is 3.64. The number of hydrogen-bond donors (Lipinski definition) is 2. The predicted octanol–water partition coefficient (Wildman–Crippen LogP) is 1.74. The monoisotopic (exact) mass is 311 g/mol. The molecule has 0 radical (unpaired) electrons. The number of rotatable bonds is 7. The van der Waals surface area contributed by atoms with Crippen molar-refractivity contribution in [3.8, 4) is 0 Å². The smallest absolute Gasteiger partial charge is 0.240 e. The Morgan fingerprint density at radius 2 is 2.00 bits per heavy atom. The molecule has 1 atom stereocenters. The number of benzene rings is 1. The number of hydrogen-bond acceptors (Lipinski definition) is 4. The highest BCUT2D eigenvalue weighted by Gasteiger charge is 2.22. The first kappa shape index (κ1) is 16.3. The van der Waals surface area contributed by atoms with Crippen molar-refractivity contribution in [2.24, 2.45) is 5.92 Å². The van der Waals surface area contributed by atoms with Crippen molar-refractivity contribution in [1.29, 1.82) is 0 Å². The average molecular weight is 311 g/mol. The van der Waals surface area contributed by atoms with E-state index in [1.54, 1.807) is 12.1 Å². The van der Waals surface area contributed by atoms with Gasteiger partial charge < -0.3 is 10.2 Å². The van der Waals surface area contributed by atoms with E-state index in [2.05, 4.69) is 28.9 Å². The zero-order chi connectivity index (χ0) is 15.3. The number of anilines is 1. The molecule has 1 aromatic rings. The Morgan fingerprint density at radius 1 is 1.29 bits per heavy atom.